The van der Waals surface area contributed by atoms with Crippen molar-refractivity contribution in [1.29, 1.82) is 0 Å². The molecule has 0 bridgehead atoms. The van der Waals surface area contributed by atoms with Crippen molar-refractivity contribution in [2.24, 2.45) is 10.7 Å². The lowest BCUT2D eigenvalue weighted by Gasteiger charge is -2.14. The van der Waals surface area contributed by atoms with E-state index in [1.54, 1.807) is 30.7 Å². The minimum atomic E-state index is 0.176. The Morgan fingerprint density at radius 1 is 0.771 bits per heavy atom. The first kappa shape index (κ1) is 21.7. The summed E-state index contributed by atoms with van der Waals surface area (Å²) in [6.45, 7) is 0. The maximum absolute atomic E-state index is 6.22. The minimum absolute atomic E-state index is 0.176. The van der Waals surface area contributed by atoms with Crippen LogP contribution in [0.4, 0.5) is 17.3 Å². The first-order chi connectivity index (χ1) is 17.2. The molecular weight excluding hydrogens is 438 g/mol. The van der Waals surface area contributed by atoms with Gasteiger partial charge in [0, 0.05) is 41.0 Å². The summed E-state index contributed by atoms with van der Waals surface area (Å²) in [5, 5.41) is 11.6. The second-order valence-electron chi connectivity index (χ2n) is 7.54. The highest BCUT2D eigenvalue weighted by Gasteiger charge is 2.14. The molecule has 3 aromatic heterocycles. The number of nitrogens with one attached hydrogen (secondary N) is 1. The molecule has 0 aliphatic rings. The van der Waals surface area contributed by atoms with Crippen LogP contribution in [0.2, 0.25) is 0 Å². The molecule has 0 amide bonds. The number of anilines is 2. The monoisotopic (exact) mass is 459 g/mol. The molecule has 5 rings (SSSR count). The third-order valence-electron chi connectivity index (χ3n) is 5.17. The van der Waals surface area contributed by atoms with Crippen LogP contribution in [0.1, 0.15) is 0 Å². The highest BCUT2D eigenvalue weighted by atomic mass is 15.2. The molecular formula is C26H21N9. The molecule has 0 aliphatic heterocycles. The first-order valence-corrected chi connectivity index (χ1v) is 10.8. The van der Waals surface area contributed by atoms with Crippen LogP contribution >= 0.6 is 0 Å². The predicted octanol–water partition coefficient (Wildman–Crippen LogP) is 4.30. The summed E-state index contributed by atoms with van der Waals surface area (Å²) in [4.78, 5) is 17.3. The lowest BCUT2D eigenvalue weighted by atomic mass is 9.99. The molecule has 3 heterocycles. The van der Waals surface area contributed by atoms with Gasteiger partial charge in [-0.05, 0) is 35.9 Å². The summed E-state index contributed by atoms with van der Waals surface area (Å²) in [6, 6.07) is 24.7. The number of pyridine rings is 1. The molecule has 0 atom stereocenters. The van der Waals surface area contributed by atoms with Crippen molar-refractivity contribution >= 4 is 23.3 Å². The fraction of sp³-hybridized carbons (Fsp3) is 0. The minimum Gasteiger partial charge on any atom is -0.384 e. The molecule has 0 aliphatic carbocycles. The van der Waals surface area contributed by atoms with Crippen molar-refractivity contribution in [3.63, 3.8) is 0 Å². The van der Waals surface area contributed by atoms with Crippen LogP contribution in [-0.2, 0) is 0 Å². The van der Waals surface area contributed by atoms with Gasteiger partial charge in [0.05, 0.1) is 5.69 Å². The zero-order chi connectivity index (χ0) is 24.0. The Labute approximate surface area is 201 Å². The van der Waals surface area contributed by atoms with Gasteiger partial charge in [0.2, 0.25) is 0 Å². The van der Waals surface area contributed by atoms with Crippen LogP contribution in [0.15, 0.2) is 102 Å². The molecule has 9 heteroatoms. The van der Waals surface area contributed by atoms with E-state index >= 15 is 0 Å². The van der Waals surface area contributed by atoms with E-state index in [0.29, 0.717) is 17.5 Å². The summed E-state index contributed by atoms with van der Waals surface area (Å²) in [6.07, 6.45) is 5.04. The maximum atomic E-state index is 6.22. The van der Waals surface area contributed by atoms with Crippen LogP contribution in [0, 0.1) is 0 Å². The smallest absolute Gasteiger partial charge is 0.199 e. The second-order valence-corrected chi connectivity index (χ2v) is 7.54. The van der Waals surface area contributed by atoms with Crippen LogP contribution in [0.3, 0.4) is 0 Å². The standard InChI is InChI=1S/C26H21N9/c27-23-13-15-30-25(32-23)20-16-29-14-12-18(20)19-8-4-5-9-22(19)31-26(28)33-24-11-10-21(34-35-24)17-6-2-1-3-7-17/h1-16H,(H2,27,30,32)(H3,28,31,33,35). The van der Waals surface area contributed by atoms with Gasteiger partial charge in [-0.15, -0.1) is 10.2 Å². The van der Waals surface area contributed by atoms with Crippen molar-refractivity contribution in [2.45, 2.75) is 0 Å². The summed E-state index contributed by atoms with van der Waals surface area (Å²) in [7, 11) is 0. The van der Waals surface area contributed by atoms with E-state index in [-0.39, 0.29) is 5.96 Å². The zero-order valence-corrected chi connectivity index (χ0v) is 18.6. The Morgan fingerprint density at radius 2 is 1.60 bits per heavy atom. The molecule has 0 radical (unpaired) electrons. The summed E-state index contributed by atoms with van der Waals surface area (Å²) >= 11 is 0. The van der Waals surface area contributed by atoms with Crippen molar-refractivity contribution in [3.05, 3.63) is 97.5 Å². The summed E-state index contributed by atoms with van der Waals surface area (Å²) in [5.41, 5.74) is 17.1. The molecule has 0 spiro atoms. The number of nitrogens with two attached hydrogens (primary N) is 2. The van der Waals surface area contributed by atoms with Crippen LogP contribution in [0.25, 0.3) is 33.8 Å². The Balaban J connectivity index is 1.43. The Kier molecular flexibility index (Phi) is 6.03. The zero-order valence-electron chi connectivity index (χ0n) is 18.6. The SMILES string of the molecule is NC(=Nc1ccc(-c2ccccc2)nn1)Nc1ccccc1-c1ccncc1-c1nccc(N)n1. The van der Waals surface area contributed by atoms with Crippen LogP contribution in [0.5, 0.6) is 0 Å². The number of para-hydroxylation sites is 1. The summed E-state index contributed by atoms with van der Waals surface area (Å²) < 4.78 is 0. The van der Waals surface area contributed by atoms with Gasteiger partial charge in [-0.2, -0.15) is 4.99 Å². The third-order valence-corrected chi connectivity index (χ3v) is 5.17. The number of aromatic nitrogens is 5. The van der Waals surface area contributed by atoms with Gasteiger partial charge in [0.1, 0.15) is 5.82 Å². The maximum Gasteiger partial charge on any atom is 0.199 e. The lowest BCUT2D eigenvalue weighted by Crippen LogP contribution is -2.22. The molecule has 0 unspecified atom stereocenters. The number of hydrogen-bond acceptors (Lipinski definition) is 7. The number of guanidine groups is 1. The molecule has 5 N–H and O–H groups in total. The van der Waals surface area contributed by atoms with E-state index in [9.17, 15) is 0 Å². The quantitative estimate of drug-likeness (QED) is 0.261. The molecule has 5 aromatic rings. The molecule has 0 saturated carbocycles. The average Bonchev–Trinajstić information content (AvgIpc) is 2.90. The van der Waals surface area contributed by atoms with E-state index in [1.165, 1.54) is 0 Å². The van der Waals surface area contributed by atoms with E-state index < -0.39 is 0 Å². The van der Waals surface area contributed by atoms with E-state index in [1.807, 2.05) is 66.7 Å². The fourth-order valence-electron chi connectivity index (χ4n) is 3.57. The van der Waals surface area contributed by atoms with E-state index in [4.69, 9.17) is 11.5 Å². The molecule has 0 saturated heterocycles. The molecule has 2 aromatic carbocycles. The normalized spacial score (nSPS) is 11.3. The van der Waals surface area contributed by atoms with Gasteiger partial charge in [-0.3, -0.25) is 4.98 Å². The van der Waals surface area contributed by atoms with Crippen molar-refractivity contribution in [3.8, 4) is 33.8 Å². The van der Waals surface area contributed by atoms with E-state index in [2.05, 4.69) is 35.5 Å². The van der Waals surface area contributed by atoms with Crippen LogP contribution < -0.4 is 16.8 Å². The number of rotatable bonds is 5. The number of aliphatic imine (C=N–C) groups is 1. The second kappa shape index (κ2) is 9.75. The Bertz CT molecular complexity index is 1480. The van der Waals surface area contributed by atoms with Gasteiger partial charge in [0.15, 0.2) is 17.6 Å². The first-order valence-electron chi connectivity index (χ1n) is 10.8. The molecule has 9 nitrogen and oxygen atoms in total. The Morgan fingerprint density at radius 3 is 2.40 bits per heavy atom. The third kappa shape index (κ3) is 4.93. The van der Waals surface area contributed by atoms with Gasteiger partial charge < -0.3 is 16.8 Å². The number of hydrogen-bond donors (Lipinski definition) is 3. The highest BCUT2D eigenvalue weighted by Crippen LogP contribution is 2.34. The average molecular weight is 460 g/mol. The van der Waals surface area contributed by atoms with Crippen molar-refractivity contribution in [2.75, 3.05) is 11.1 Å². The van der Waals surface area contributed by atoms with Gasteiger partial charge >= 0.3 is 0 Å². The molecule has 0 fully saturated rings. The van der Waals surface area contributed by atoms with Gasteiger partial charge in [-0.1, -0.05) is 48.5 Å². The Hall–Kier alpha value is -5.18. The fourth-order valence-corrected chi connectivity index (χ4v) is 3.57. The van der Waals surface area contributed by atoms with Crippen molar-refractivity contribution in [1.82, 2.24) is 25.1 Å². The highest BCUT2D eigenvalue weighted by molar-refractivity contribution is 5.99. The van der Waals surface area contributed by atoms with Gasteiger partial charge in [0.25, 0.3) is 0 Å². The van der Waals surface area contributed by atoms with E-state index in [0.717, 1.165) is 33.6 Å². The van der Waals surface area contributed by atoms with Crippen LogP contribution in [-0.4, -0.2) is 31.1 Å². The summed E-state index contributed by atoms with van der Waals surface area (Å²) in [5.74, 6) is 1.44. The van der Waals surface area contributed by atoms with Gasteiger partial charge in [-0.25, -0.2) is 9.97 Å². The molecule has 35 heavy (non-hydrogen) atoms. The largest absolute Gasteiger partial charge is 0.384 e. The lowest BCUT2D eigenvalue weighted by molar-refractivity contribution is 1.03. The van der Waals surface area contributed by atoms with Crippen molar-refractivity contribution < 1.29 is 0 Å². The number of nitrogen functional groups attached to an aromatic ring is 1. The molecule has 170 valence electrons. The number of nitrogens with zero attached hydrogens (tertiary/aromatic N) is 6. The predicted molar refractivity (Wildman–Crippen MR) is 137 cm³/mol. The number of benzene rings is 2. The topological polar surface area (TPSA) is 141 Å².